The van der Waals surface area contributed by atoms with E-state index < -0.39 is 4.92 Å². The predicted octanol–water partition coefficient (Wildman–Crippen LogP) is 3.03. The molecular formula is C12H14ClN3O2. The van der Waals surface area contributed by atoms with E-state index in [1.807, 2.05) is 6.92 Å². The van der Waals surface area contributed by atoms with E-state index in [1.165, 1.54) is 18.2 Å². The number of halogens is 1. The van der Waals surface area contributed by atoms with Crippen molar-refractivity contribution in [2.75, 3.05) is 0 Å². The van der Waals surface area contributed by atoms with Crippen LogP contribution in [0.2, 0.25) is 5.02 Å². The van der Waals surface area contributed by atoms with Crippen LogP contribution in [0.3, 0.4) is 0 Å². The number of non-ortho nitro benzene ring substituents is 1. The molecule has 1 N–H and O–H groups in total. The third kappa shape index (κ3) is 3.99. The normalized spacial score (nSPS) is 11.8. The summed E-state index contributed by atoms with van der Waals surface area (Å²) in [4.78, 5) is 10.2. The molecule has 96 valence electrons. The molecule has 6 heteroatoms. The Morgan fingerprint density at radius 3 is 2.89 bits per heavy atom. The molecule has 0 aliphatic rings. The van der Waals surface area contributed by atoms with Gasteiger partial charge in [-0.15, -0.1) is 0 Å². The lowest BCUT2D eigenvalue weighted by Crippen LogP contribution is -2.27. The molecule has 1 atom stereocenters. The van der Waals surface area contributed by atoms with E-state index >= 15 is 0 Å². The van der Waals surface area contributed by atoms with Crippen LogP contribution in [0.1, 0.15) is 25.3 Å². The Hall–Kier alpha value is -1.64. The van der Waals surface area contributed by atoms with Gasteiger partial charge in [0.15, 0.2) is 0 Å². The lowest BCUT2D eigenvalue weighted by Gasteiger charge is -2.14. The summed E-state index contributed by atoms with van der Waals surface area (Å²) >= 11 is 5.98. The van der Waals surface area contributed by atoms with Gasteiger partial charge in [-0.1, -0.05) is 18.5 Å². The van der Waals surface area contributed by atoms with E-state index in [0.29, 0.717) is 23.6 Å². The molecule has 0 bridgehead atoms. The van der Waals surface area contributed by atoms with E-state index in [4.69, 9.17) is 16.9 Å². The third-order valence-corrected chi connectivity index (χ3v) is 3.02. The quantitative estimate of drug-likeness (QED) is 0.635. The van der Waals surface area contributed by atoms with Crippen LogP contribution in [0.15, 0.2) is 18.2 Å². The first-order valence-electron chi connectivity index (χ1n) is 5.61. The number of nitro groups is 1. The number of hydrogen-bond donors (Lipinski definition) is 1. The first-order chi connectivity index (χ1) is 8.58. The van der Waals surface area contributed by atoms with Crippen LogP contribution in [0.25, 0.3) is 0 Å². The number of benzene rings is 1. The first-order valence-corrected chi connectivity index (χ1v) is 5.99. The Morgan fingerprint density at radius 2 is 2.33 bits per heavy atom. The van der Waals surface area contributed by atoms with Crippen LogP contribution in [0.4, 0.5) is 5.69 Å². The van der Waals surface area contributed by atoms with Gasteiger partial charge < -0.3 is 5.32 Å². The van der Waals surface area contributed by atoms with E-state index in [0.717, 1.165) is 6.42 Å². The number of hydrogen-bond acceptors (Lipinski definition) is 4. The number of nitriles is 1. The van der Waals surface area contributed by atoms with Gasteiger partial charge in [-0.3, -0.25) is 10.1 Å². The Morgan fingerprint density at radius 1 is 1.61 bits per heavy atom. The average Bonchev–Trinajstić information content (AvgIpc) is 2.35. The molecule has 0 fully saturated rings. The zero-order valence-electron chi connectivity index (χ0n) is 10.0. The van der Waals surface area contributed by atoms with Gasteiger partial charge in [0.25, 0.3) is 5.69 Å². The molecular weight excluding hydrogens is 254 g/mol. The fourth-order valence-corrected chi connectivity index (χ4v) is 1.72. The predicted molar refractivity (Wildman–Crippen MR) is 69.3 cm³/mol. The van der Waals surface area contributed by atoms with Gasteiger partial charge in [0.1, 0.15) is 0 Å². The standard InChI is InChI=1S/C12H14ClN3O2/c1-2-10(5-6-14)15-8-9-7-11(16(17)18)3-4-12(9)13/h3-4,7,10,15H,2,5,8H2,1H3. The van der Waals surface area contributed by atoms with Crippen LogP contribution >= 0.6 is 11.6 Å². The summed E-state index contributed by atoms with van der Waals surface area (Å²) in [6.07, 6.45) is 1.23. The molecule has 18 heavy (non-hydrogen) atoms. The maximum Gasteiger partial charge on any atom is 0.269 e. The smallest absolute Gasteiger partial charge is 0.269 e. The number of nitrogens with zero attached hydrogens (tertiary/aromatic N) is 2. The minimum absolute atomic E-state index is 0.0181. The molecule has 1 rings (SSSR count). The van der Waals surface area contributed by atoms with Crippen molar-refractivity contribution in [2.24, 2.45) is 0 Å². The van der Waals surface area contributed by atoms with Gasteiger partial charge in [0, 0.05) is 29.7 Å². The molecule has 0 radical (unpaired) electrons. The second-order valence-electron chi connectivity index (χ2n) is 3.88. The lowest BCUT2D eigenvalue weighted by molar-refractivity contribution is -0.384. The summed E-state index contributed by atoms with van der Waals surface area (Å²) in [7, 11) is 0. The van der Waals surface area contributed by atoms with Crippen molar-refractivity contribution in [1.82, 2.24) is 5.32 Å². The summed E-state index contributed by atoms with van der Waals surface area (Å²) in [6, 6.07) is 6.51. The van der Waals surface area contributed by atoms with Gasteiger partial charge in [-0.05, 0) is 18.1 Å². The Labute approximate surface area is 111 Å². The second kappa shape index (κ2) is 6.94. The average molecular weight is 268 g/mol. The molecule has 5 nitrogen and oxygen atoms in total. The summed E-state index contributed by atoms with van der Waals surface area (Å²) in [5, 5.41) is 22.9. The van der Waals surface area contributed by atoms with Gasteiger partial charge in [0.2, 0.25) is 0 Å². The largest absolute Gasteiger partial charge is 0.309 e. The lowest BCUT2D eigenvalue weighted by atomic mass is 10.1. The minimum atomic E-state index is -0.452. The van der Waals surface area contributed by atoms with Gasteiger partial charge in [-0.25, -0.2) is 0 Å². The van der Waals surface area contributed by atoms with Crippen molar-refractivity contribution in [3.63, 3.8) is 0 Å². The van der Waals surface area contributed by atoms with Crippen LogP contribution in [0, 0.1) is 21.4 Å². The van der Waals surface area contributed by atoms with Crippen LogP contribution < -0.4 is 5.32 Å². The molecule has 0 heterocycles. The van der Waals surface area contributed by atoms with E-state index in [2.05, 4.69) is 11.4 Å². The highest BCUT2D eigenvalue weighted by molar-refractivity contribution is 6.31. The van der Waals surface area contributed by atoms with Crippen LogP contribution in [-0.4, -0.2) is 11.0 Å². The van der Waals surface area contributed by atoms with Crippen molar-refractivity contribution >= 4 is 17.3 Å². The fraction of sp³-hybridized carbons (Fsp3) is 0.417. The highest BCUT2D eigenvalue weighted by atomic mass is 35.5. The van der Waals surface area contributed by atoms with Gasteiger partial charge >= 0.3 is 0 Å². The third-order valence-electron chi connectivity index (χ3n) is 2.65. The molecule has 1 aromatic rings. The fourth-order valence-electron chi connectivity index (χ4n) is 1.54. The molecule has 0 saturated carbocycles. The monoisotopic (exact) mass is 267 g/mol. The molecule has 0 spiro atoms. The Kier molecular flexibility index (Phi) is 5.56. The zero-order valence-corrected chi connectivity index (χ0v) is 10.8. The summed E-state index contributed by atoms with van der Waals surface area (Å²) < 4.78 is 0. The number of nitro benzene ring substituents is 1. The van der Waals surface area contributed by atoms with Crippen molar-refractivity contribution in [1.29, 1.82) is 5.26 Å². The maximum atomic E-state index is 10.7. The minimum Gasteiger partial charge on any atom is -0.309 e. The first kappa shape index (κ1) is 14.4. The van der Waals surface area contributed by atoms with Gasteiger partial charge in [0.05, 0.1) is 17.4 Å². The molecule has 0 aliphatic heterocycles. The zero-order chi connectivity index (χ0) is 13.5. The maximum absolute atomic E-state index is 10.7. The molecule has 0 saturated heterocycles. The molecule has 0 aliphatic carbocycles. The summed E-state index contributed by atoms with van der Waals surface area (Å²) in [5.41, 5.74) is 0.687. The highest BCUT2D eigenvalue weighted by Crippen LogP contribution is 2.22. The summed E-state index contributed by atoms with van der Waals surface area (Å²) in [5.74, 6) is 0. The Bertz CT molecular complexity index is 471. The topological polar surface area (TPSA) is 79.0 Å². The second-order valence-corrected chi connectivity index (χ2v) is 4.29. The molecule has 1 unspecified atom stereocenters. The molecule has 1 aromatic carbocycles. The number of nitrogens with one attached hydrogen (secondary N) is 1. The van der Waals surface area contributed by atoms with E-state index in [-0.39, 0.29) is 11.7 Å². The van der Waals surface area contributed by atoms with Crippen molar-refractivity contribution in [3.05, 3.63) is 38.9 Å². The van der Waals surface area contributed by atoms with E-state index in [1.54, 1.807) is 0 Å². The summed E-state index contributed by atoms with van der Waals surface area (Å²) in [6.45, 7) is 2.39. The number of rotatable bonds is 6. The van der Waals surface area contributed by atoms with Crippen molar-refractivity contribution in [2.45, 2.75) is 32.4 Å². The molecule has 0 amide bonds. The van der Waals surface area contributed by atoms with Crippen molar-refractivity contribution in [3.8, 4) is 6.07 Å². The van der Waals surface area contributed by atoms with Gasteiger partial charge in [-0.2, -0.15) is 5.26 Å². The van der Waals surface area contributed by atoms with Crippen LogP contribution in [-0.2, 0) is 6.54 Å². The van der Waals surface area contributed by atoms with Crippen molar-refractivity contribution < 1.29 is 4.92 Å². The SMILES string of the molecule is CCC(CC#N)NCc1cc([N+](=O)[O-])ccc1Cl. The van der Waals surface area contributed by atoms with E-state index in [9.17, 15) is 10.1 Å². The molecule has 0 aromatic heterocycles. The van der Waals surface area contributed by atoms with Crippen LogP contribution in [0.5, 0.6) is 0 Å². The Balaban J connectivity index is 2.74. The highest BCUT2D eigenvalue weighted by Gasteiger charge is 2.11.